The molecule has 212 valence electrons. The molecular formula is C29H35F2NO7. The van der Waals surface area contributed by atoms with Gasteiger partial charge in [0.1, 0.15) is 18.3 Å². The van der Waals surface area contributed by atoms with Crippen molar-refractivity contribution in [2.75, 3.05) is 6.61 Å². The molecule has 0 aromatic carbocycles. The third-order valence-electron chi connectivity index (χ3n) is 10.3. The summed E-state index contributed by atoms with van der Waals surface area (Å²) < 4.78 is 50.5. The molecule has 0 bridgehead atoms. The number of halogens is 2. The average molecular weight is 548 g/mol. The number of aliphatic hydroxyl groups excluding tert-OH is 1. The normalized spacial score (nSPS) is 44.9. The van der Waals surface area contributed by atoms with Crippen molar-refractivity contribution < 1.29 is 42.5 Å². The van der Waals surface area contributed by atoms with Gasteiger partial charge in [0.05, 0.1) is 12.0 Å². The molecular weight excluding hydrogens is 512 g/mol. The highest BCUT2D eigenvalue weighted by atomic mass is 19.1. The van der Waals surface area contributed by atoms with Gasteiger partial charge in [0.25, 0.3) is 0 Å². The molecule has 0 amide bonds. The van der Waals surface area contributed by atoms with E-state index in [0.717, 1.165) is 18.9 Å². The van der Waals surface area contributed by atoms with Crippen molar-refractivity contribution in [3.05, 3.63) is 23.8 Å². The van der Waals surface area contributed by atoms with Crippen LogP contribution in [0.5, 0.6) is 0 Å². The minimum atomic E-state index is -2.52. The zero-order valence-corrected chi connectivity index (χ0v) is 22.4. The van der Waals surface area contributed by atoms with Crippen molar-refractivity contribution in [1.29, 1.82) is 5.26 Å². The van der Waals surface area contributed by atoms with Crippen LogP contribution in [0.4, 0.5) is 13.6 Å². The molecule has 0 saturated heterocycles. The second-order valence-electron chi connectivity index (χ2n) is 12.4. The lowest BCUT2D eigenvalue weighted by atomic mass is 9.44. The molecule has 10 atom stereocenters. The van der Waals surface area contributed by atoms with Gasteiger partial charge in [-0.25, -0.2) is 13.6 Å². The first-order valence-corrected chi connectivity index (χ1v) is 13.8. The van der Waals surface area contributed by atoms with Gasteiger partial charge in [0.15, 0.2) is 24.2 Å². The third kappa shape index (κ3) is 4.02. The fraction of sp³-hybridized carbons (Fsp3) is 0.724. The number of alkyl halides is 2. The largest absolute Gasteiger partial charge is 0.508 e. The van der Waals surface area contributed by atoms with E-state index in [9.17, 15) is 19.5 Å². The second-order valence-corrected chi connectivity index (χ2v) is 12.4. The van der Waals surface area contributed by atoms with E-state index in [-0.39, 0.29) is 30.4 Å². The molecule has 8 nitrogen and oxygen atoms in total. The van der Waals surface area contributed by atoms with Crippen molar-refractivity contribution in [1.82, 2.24) is 0 Å². The maximum Gasteiger partial charge on any atom is 0.508 e. The molecule has 0 aromatic rings. The summed E-state index contributed by atoms with van der Waals surface area (Å²) in [5.41, 5.74) is -5.43. The van der Waals surface area contributed by atoms with Crippen LogP contribution in [0.2, 0.25) is 0 Å². The first-order chi connectivity index (χ1) is 18.4. The van der Waals surface area contributed by atoms with E-state index in [1.165, 1.54) is 19.1 Å². The molecule has 5 aliphatic carbocycles. The molecule has 0 radical (unpaired) electrons. The number of aliphatic hydroxyl groups is 1. The van der Waals surface area contributed by atoms with Crippen LogP contribution in [0.1, 0.15) is 59.3 Å². The minimum Gasteiger partial charge on any atom is -0.450 e. The van der Waals surface area contributed by atoms with Gasteiger partial charge >= 0.3 is 12.1 Å². The van der Waals surface area contributed by atoms with E-state index >= 15 is 8.78 Å². The van der Waals surface area contributed by atoms with Gasteiger partial charge in [-0.1, -0.05) is 19.9 Å². The van der Waals surface area contributed by atoms with Gasteiger partial charge in [-0.15, -0.1) is 0 Å². The molecule has 0 aliphatic heterocycles. The van der Waals surface area contributed by atoms with E-state index in [2.05, 4.69) is 0 Å². The molecule has 2 unspecified atom stereocenters. The summed E-state index contributed by atoms with van der Waals surface area (Å²) in [4.78, 5) is 38.3. The number of hydrogen-bond acceptors (Lipinski definition) is 8. The van der Waals surface area contributed by atoms with Gasteiger partial charge in [0, 0.05) is 11.3 Å². The highest BCUT2D eigenvalue weighted by Gasteiger charge is 2.76. The van der Waals surface area contributed by atoms with Gasteiger partial charge in [-0.2, -0.15) is 5.26 Å². The van der Waals surface area contributed by atoms with Crippen LogP contribution in [0.25, 0.3) is 0 Å². The Labute approximate surface area is 226 Å². The lowest BCUT2D eigenvalue weighted by Gasteiger charge is -2.63. The highest BCUT2D eigenvalue weighted by molar-refractivity contribution is 6.01. The lowest BCUT2D eigenvalue weighted by Crippen LogP contribution is -2.72. The molecule has 5 aliphatic rings. The number of ether oxygens (including phenoxy) is 3. The molecule has 1 N–H and O–H groups in total. The van der Waals surface area contributed by atoms with E-state index in [1.807, 2.05) is 0 Å². The Balaban J connectivity index is 1.59. The van der Waals surface area contributed by atoms with Gasteiger partial charge < -0.3 is 19.3 Å². The third-order valence-corrected chi connectivity index (χ3v) is 10.3. The Morgan fingerprint density at radius 3 is 2.59 bits per heavy atom. The number of hydrogen-bond donors (Lipinski definition) is 1. The SMILES string of the molecule is C[C@@H]1C[C@H]2[C@@H]3C(OC(=O)OC4CCCC4)[C@H](F)C4=CC(=O)C=C[C@]4(C)C3(F)[C@@H](O)C[C@]2(C)[C@@H]1C(=O)OCC#N. The number of fused-ring (bicyclic) bond motifs is 5. The molecule has 10 heteroatoms. The zero-order valence-electron chi connectivity index (χ0n) is 22.4. The Bertz CT molecular complexity index is 1160. The predicted octanol–water partition coefficient (Wildman–Crippen LogP) is 4.31. The van der Waals surface area contributed by atoms with Crippen LogP contribution in [-0.4, -0.2) is 59.8 Å². The van der Waals surface area contributed by atoms with Crippen molar-refractivity contribution >= 4 is 17.9 Å². The summed E-state index contributed by atoms with van der Waals surface area (Å²) in [7, 11) is 0. The molecule has 4 saturated carbocycles. The first-order valence-electron chi connectivity index (χ1n) is 13.8. The summed E-state index contributed by atoms with van der Waals surface area (Å²) in [6.45, 7) is 4.56. The lowest BCUT2D eigenvalue weighted by molar-refractivity contribution is -0.236. The topological polar surface area (TPSA) is 123 Å². The molecule has 39 heavy (non-hydrogen) atoms. The van der Waals surface area contributed by atoms with Gasteiger partial charge in [-0.3, -0.25) is 9.59 Å². The number of ketones is 1. The summed E-state index contributed by atoms with van der Waals surface area (Å²) in [5, 5.41) is 20.5. The van der Waals surface area contributed by atoms with Gasteiger partial charge in [-0.05, 0) is 80.4 Å². The van der Waals surface area contributed by atoms with Crippen LogP contribution < -0.4 is 0 Å². The van der Waals surface area contributed by atoms with E-state index in [1.54, 1.807) is 19.9 Å². The predicted molar refractivity (Wildman–Crippen MR) is 132 cm³/mol. The maximum atomic E-state index is 17.8. The van der Waals surface area contributed by atoms with Gasteiger partial charge in [0.2, 0.25) is 0 Å². The fourth-order valence-corrected chi connectivity index (χ4v) is 8.64. The van der Waals surface area contributed by atoms with E-state index < -0.39 is 77.1 Å². The Morgan fingerprint density at radius 2 is 1.92 bits per heavy atom. The summed E-state index contributed by atoms with van der Waals surface area (Å²) in [6, 6.07) is 1.77. The molecule has 0 heterocycles. The fourth-order valence-electron chi connectivity index (χ4n) is 8.64. The van der Waals surface area contributed by atoms with Crippen LogP contribution >= 0.6 is 0 Å². The molecule has 0 aromatic heterocycles. The molecule has 5 rings (SSSR count). The number of nitriles is 1. The smallest absolute Gasteiger partial charge is 0.450 e. The Kier molecular flexibility index (Phi) is 6.89. The van der Waals surface area contributed by atoms with Crippen molar-refractivity contribution in [2.24, 2.45) is 34.5 Å². The number of carbonyl (C=O) groups is 3. The van der Waals surface area contributed by atoms with Crippen LogP contribution in [0.15, 0.2) is 23.8 Å². The Morgan fingerprint density at radius 1 is 1.23 bits per heavy atom. The van der Waals surface area contributed by atoms with Crippen LogP contribution in [-0.2, 0) is 23.8 Å². The summed E-state index contributed by atoms with van der Waals surface area (Å²) in [6.07, 6.45) is -0.165. The van der Waals surface area contributed by atoms with E-state index in [4.69, 9.17) is 19.5 Å². The van der Waals surface area contributed by atoms with Crippen LogP contribution in [0.3, 0.4) is 0 Å². The van der Waals surface area contributed by atoms with Crippen molar-refractivity contribution in [3.63, 3.8) is 0 Å². The zero-order chi connectivity index (χ0) is 28.3. The average Bonchev–Trinajstić information content (AvgIpc) is 3.47. The maximum absolute atomic E-state index is 17.8. The quantitative estimate of drug-likeness (QED) is 0.517. The number of carbonyl (C=O) groups excluding carboxylic acids is 3. The van der Waals surface area contributed by atoms with Crippen molar-refractivity contribution in [2.45, 2.75) is 89.4 Å². The highest BCUT2D eigenvalue weighted by Crippen LogP contribution is 2.70. The first kappa shape index (κ1) is 27.8. The van der Waals surface area contributed by atoms with E-state index in [0.29, 0.717) is 12.8 Å². The monoisotopic (exact) mass is 547 g/mol. The molecule has 0 spiro atoms. The molecule has 4 fully saturated rings. The summed E-state index contributed by atoms with van der Waals surface area (Å²) in [5.74, 6) is -4.32. The number of nitrogens with zero attached hydrogens (tertiary/aromatic N) is 1. The minimum absolute atomic E-state index is 0.137. The second kappa shape index (κ2) is 9.69. The standard InChI is InChI=1S/C29H35F2NO7/c1-15-12-18-22-24(39-26(36)38-17-6-4-5-7-17)23(30)19-13-16(33)8-9-28(19,3)29(22,31)20(34)14-27(18,2)21(15)25(35)37-11-10-32/h8-9,13,15,17-18,20-24,34H,4-7,11-12,14H2,1-3H3/t15-,18+,20+,21+,22-,23-,24?,27+,28+,29?/m1/s1. The number of rotatable bonds is 4. The summed E-state index contributed by atoms with van der Waals surface area (Å²) >= 11 is 0. The number of allylic oxidation sites excluding steroid dienone is 3. The van der Waals surface area contributed by atoms with Crippen LogP contribution in [0, 0.1) is 45.8 Å². The number of esters is 1. The van der Waals surface area contributed by atoms with Crippen molar-refractivity contribution in [3.8, 4) is 6.07 Å². The Hall–Kier alpha value is -2.80.